The van der Waals surface area contributed by atoms with Crippen LogP contribution in [-0.2, 0) is 0 Å². The smallest absolute Gasteiger partial charge is 0.254 e. The van der Waals surface area contributed by atoms with Crippen molar-refractivity contribution in [3.05, 3.63) is 65.0 Å². The maximum Gasteiger partial charge on any atom is 0.254 e. The number of rotatable bonds is 4. The molecule has 3 aromatic rings. The summed E-state index contributed by atoms with van der Waals surface area (Å²) in [6.45, 7) is 0.649. The minimum atomic E-state index is -0.226. The molecule has 0 N–H and O–H groups in total. The lowest BCUT2D eigenvalue weighted by Gasteiger charge is -2.22. The number of halogens is 1. The van der Waals surface area contributed by atoms with Gasteiger partial charge in [-0.1, -0.05) is 22.8 Å². The van der Waals surface area contributed by atoms with Crippen LogP contribution in [0.25, 0.3) is 11.4 Å². The molecule has 1 fully saturated rings. The maximum absolute atomic E-state index is 12.9. The predicted octanol–water partition coefficient (Wildman–Crippen LogP) is 4.38. The summed E-state index contributed by atoms with van der Waals surface area (Å²) in [7, 11) is 1.62. The van der Waals surface area contributed by atoms with Crippen LogP contribution >= 0.6 is 11.6 Å². The lowest BCUT2D eigenvalue weighted by molar-refractivity contribution is 0.0710. The second-order valence-electron chi connectivity index (χ2n) is 6.35. The number of nitrogens with zero attached hydrogens (tertiary/aromatic N) is 3. The first-order valence-electron chi connectivity index (χ1n) is 8.70. The van der Waals surface area contributed by atoms with Gasteiger partial charge in [-0.05, 0) is 55.3 Å². The number of benzene rings is 2. The third-order valence-corrected chi connectivity index (χ3v) is 4.90. The van der Waals surface area contributed by atoms with Crippen molar-refractivity contribution in [3.8, 4) is 17.1 Å². The molecule has 0 radical (unpaired) electrons. The Morgan fingerprint density at radius 2 is 2.07 bits per heavy atom. The number of carbonyl (C=O) groups is 1. The zero-order chi connectivity index (χ0) is 18.8. The highest BCUT2D eigenvalue weighted by Crippen LogP contribution is 2.33. The lowest BCUT2D eigenvalue weighted by atomic mass is 10.1. The van der Waals surface area contributed by atoms with E-state index in [4.69, 9.17) is 20.9 Å². The van der Waals surface area contributed by atoms with Crippen molar-refractivity contribution in [3.63, 3.8) is 0 Å². The third-order valence-electron chi connectivity index (χ3n) is 4.66. The largest absolute Gasteiger partial charge is 0.497 e. The number of ether oxygens (including phenoxy) is 1. The molecule has 4 rings (SSSR count). The molecular weight excluding hydrogens is 366 g/mol. The summed E-state index contributed by atoms with van der Waals surface area (Å²) in [5.74, 6) is 1.63. The van der Waals surface area contributed by atoms with Gasteiger partial charge in [0.1, 0.15) is 11.8 Å². The van der Waals surface area contributed by atoms with E-state index in [1.165, 1.54) is 0 Å². The molecule has 0 aliphatic carbocycles. The van der Waals surface area contributed by atoms with Gasteiger partial charge in [0.25, 0.3) is 5.91 Å². The molecule has 0 spiro atoms. The Morgan fingerprint density at radius 1 is 1.26 bits per heavy atom. The summed E-state index contributed by atoms with van der Waals surface area (Å²) in [5.41, 5.74) is 1.39. The molecule has 1 aliphatic rings. The fourth-order valence-corrected chi connectivity index (χ4v) is 3.47. The highest BCUT2D eigenvalue weighted by molar-refractivity contribution is 6.30. The van der Waals surface area contributed by atoms with Gasteiger partial charge in [-0.2, -0.15) is 4.98 Å². The summed E-state index contributed by atoms with van der Waals surface area (Å²) in [4.78, 5) is 19.2. The van der Waals surface area contributed by atoms with Gasteiger partial charge in [-0.25, -0.2) is 0 Å². The molecule has 1 saturated heterocycles. The van der Waals surface area contributed by atoms with Crippen LogP contribution < -0.4 is 4.74 Å². The molecule has 7 heteroatoms. The van der Waals surface area contributed by atoms with Gasteiger partial charge in [0.15, 0.2) is 0 Å². The van der Waals surface area contributed by atoms with Crippen LogP contribution in [0.3, 0.4) is 0 Å². The number of hydrogen-bond donors (Lipinski definition) is 0. The summed E-state index contributed by atoms with van der Waals surface area (Å²) in [5, 5.41) is 4.62. The number of hydrogen-bond acceptors (Lipinski definition) is 5. The Hall–Kier alpha value is -2.86. The summed E-state index contributed by atoms with van der Waals surface area (Å²) >= 11 is 6.02. The van der Waals surface area contributed by atoms with Crippen LogP contribution in [0, 0.1) is 0 Å². The summed E-state index contributed by atoms with van der Waals surface area (Å²) in [6, 6.07) is 14.2. The molecule has 1 aromatic heterocycles. The molecule has 27 heavy (non-hydrogen) atoms. The number of amides is 1. The van der Waals surface area contributed by atoms with Gasteiger partial charge in [0, 0.05) is 22.7 Å². The quantitative estimate of drug-likeness (QED) is 0.668. The fraction of sp³-hybridized carbons (Fsp3) is 0.250. The van der Waals surface area contributed by atoms with Crippen molar-refractivity contribution in [2.45, 2.75) is 18.9 Å². The first kappa shape index (κ1) is 17.5. The highest BCUT2D eigenvalue weighted by atomic mass is 35.5. The third kappa shape index (κ3) is 3.53. The van der Waals surface area contributed by atoms with Gasteiger partial charge in [-0.3, -0.25) is 4.79 Å². The van der Waals surface area contributed by atoms with E-state index in [0.29, 0.717) is 28.8 Å². The van der Waals surface area contributed by atoms with E-state index in [1.807, 2.05) is 24.3 Å². The van der Waals surface area contributed by atoms with Crippen molar-refractivity contribution in [2.75, 3.05) is 13.7 Å². The normalized spacial score (nSPS) is 16.5. The number of likely N-dealkylation sites (tertiary alicyclic amines) is 1. The van der Waals surface area contributed by atoms with Crippen molar-refractivity contribution in [1.82, 2.24) is 15.0 Å². The minimum Gasteiger partial charge on any atom is -0.497 e. The predicted molar refractivity (Wildman–Crippen MR) is 101 cm³/mol. The van der Waals surface area contributed by atoms with Gasteiger partial charge in [-0.15, -0.1) is 0 Å². The van der Waals surface area contributed by atoms with E-state index in [9.17, 15) is 4.79 Å². The van der Waals surface area contributed by atoms with Crippen molar-refractivity contribution < 1.29 is 14.1 Å². The van der Waals surface area contributed by atoms with Crippen LogP contribution in [0.2, 0.25) is 5.02 Å². The molecule has 1 atom stereocenters. The van der Waals surface area contributed by atoms with Gasteiger partial charge in [0.2, 0.25) is 11.7 Å². The fourth-order valence-electron chi connectivity index (χ4n) is 3.28. The minimum absolute atomic E-state index is 0.0794. The van der Waals surface area contributed by atoms with Crippen molar-refractivity contribution in [2.24, 2.45) is 0 Å². The molecule has 0 unspecified atom stereocenters. The molecule has 0 bridgehead atoms. The van der Waals surface area contributed by atoms with E-state index in [0.717, 1.165) is 24.2 Å². The Kier molecular flexibility index (Phi) is 4.81. The SMILES string of the molecule is COc1ccc(-c2noc([C@@H]3CCCN3C(=O)c3cccc(Cl)c3)n2)cc1. The summed E-state index contributed by atoms with van der Waals surface area (Å²) in [6.07, 6.45) is 1.67. The van der Waals surface area contributed by atoms with Crippen LogP contribution in [0.15, 0.2) is 53.1 Å². The second kappa shape index (κ2) is 7.40. The molecule has 1 amide bonds. The Bertz CT molecular complexity index is 955. The van der Waals surface area contributed by atoms with Gasteiger partial charge < -0.3 is 14.2 Å². The Morgan fingerprint density at radius 3 is 2.81 bits per heavy atom. The number of aromatic nitrogens is 2. The van der Waals surface area contributed by atoms with Crippen LogP contribution in [0.5, 0.6) is 5.75 Å². The van der Waals surface area contributed by atoms with Gasteiger partial charge in [0.05, 0.1) is 7.11 Å². The monoisotopic (exact) mass is 383 g/mol. The Balaban J connectivity index is 1.57. The van der Waals surface area contributed by atoms with Crippen LogP contribution in [0.4, 0.5) is 0 Å². The molecule has 0 saturated carbocycles. The van der Waals surface area contributed by atoms with E-state index in [1.54, 1.807) is 36.3 Å². The average molecular weight is 384 g/mol. The van der Waals surface area contributed by atoms with Crippen molar-refractivity contribution in [1.29, 1.82) is 0 Å². The topological polar surface area (TPSA) is 68.5 Å². The first-order chi connectivity index (χ1) is 13.2. The average Bonchev–Trinajstić information content (AvgIpc) is 3.37. The molecule has 2 aromatic carbocycles. The maximum atomic E-state index is 12.9. The number of carbonyl (C=O) groups excluding carboxylic acids is 1. The molecule has 1 aliphatic heterocycles. The molecular formula is C20H18ClN3O3. The number of methoxy groups -OCH3 is 1. The lowest BCUT2D eigenvalue weighted by Crippen LogP contribution is -2.30. The van der Waals surface area contributed by atoms with Crippen LogP contribution in [-0.4, -0.2) is 34.6 Å². The molecule has 138 valence electrons. The first-order valence-corrected chi connectivity index (χ1v) is 9.08. The van der Waals surface area contributed by atoms with E-state index >= 15 is 0 Å². The standard InChI is InChI=1S/C20H18ClN3O3/c1-26-16-9-7-13(8-10-16)18-22-19(27-23-18)17-6-3-11-24(17)20(25)14-4-2-5-15(21)12-14/h2,4-5,7-10,12,17H,3,6,11H2,1H3/t17-/m0/s1. The zero-order valence-electron chi connectivity index (χ0n) is 14.8. The second-order valence-corrected chi connectivity index (χ2v) is 6.79. The summed E-state index contributed by atoms with van der Waals surface area (Å²) < 4.78 is 10.7. The van der Waals surface area contributed by atoms with Crippen molar-refractivity contribution >= 4 is 17.5 Å². The Labute approximate surface area is 161 Å². The van der Waals surface area contributed by atoms with E-state index < -0.39 is 0 Å². The highest BCUT2D eigenvalue weighted by Gasteiger charge is 2.34. The van der Waals surface area contributed by atoms with Crippen LogP contribution in [0.1, 0.15) is 35.1 Å². The van der Waals surface area contributed by atoms with E-state index in [2.05, 4.69) is 10.1 Å². The van der Waals surface area contributed by atoms with Gasteiger partial charge >= 0.3 is 0 Å². The molecule has 2 heterocycles. The van der Waals surface area contributed by atoms with E-state index in [-0.39, 0.29) is 11.9 Å². The molecule has 6 nitrogen and oxygen atoms in total. The zero-order valence-corrected chi connectivity index (χ0v) is 15.5.